The fourth-order valence-corrected chi connectivity index (χ4v) is 5.73. The lowest BCUT2D eigenvalue weighted by atomic mass is 10.0. The molecule has 27 heavy (non-hydrogen) atoms. The van der Waals surface area contributed by atoms with Crippen LogP contribution in [0.1, 0.15) is 35.1 Å². The number of hydrogen-bond acceptors (Lipinski definition) is 3. The highest BCUT2D eigenvalue weighted by Crippen LogP contribution is 2.56. The molecule has 0 aliphatic carbocycles. The van der Waals surface area contributed by atoms with Gasteiger partial charge in [-0.05, 0) is 49.7 Å². The van der Waals surface area contributed by atoms with E-state index in [1.165, 1.54) is 0 Å². The van der Waals surface area contributed by atoms with E-state index < -0.39 is 6.04 Å². The van der Waals surface area contributed by atoms with Crippen molar-refractivity contribution in [1.29, 1.82) is 0 Å². The molecule has 2 amide bonds. The maximum Gasteiger partial charge on any atom is 0.256 e. The number of aromatic amines is 1. The van der Waals surface area contributed by atoms with Gasteiger partial charge in [0.15, 0.2) is 0 Å². The van der Waals surface area contributed by atoms with Gasteiger partial charge >= 0.3 is 0 Å². The zero-order chi connectivity index (χ0) is 18.8. The third kappa shape index (κ3) is 2.40. The number of amides is 2. The summed E-state index contributed by atoms with van der Waals surface area (Å²) in [6.07, 6.45) is 1.87. The highest BCUT2D eigenvalue weighted by Gasteiger charge is 2.57. The smallest absolute Gasteiger partial charge is 0.256 e. The predicted molar refractivity (Wildman–Crippen MR) is 108 cm³/mol. The van der Waals surface area contributed by atoms with Crippen molar-refractivity contribution in [1.82, 2.24) is 9.88 Å². The van der Waals surface area contributed by atoms with Gasteiger partial charge in [-0.25, -0.2) is 0 Å². The van der Waals surface area contributed by atoms with E-state index in [0.29, 0.717) is 5.56 Å². The van der Waals surface area contributed by atoms with E-state index in [0.717, 1.165) is 22.2 Å². The van der Waals surface area contributed by atoms with Crippen LogP contribution in [0.2, 0.25) is 0 Å². The number of nitrogens with one attached hydrogen (secondary N) is 2. The summed E-state index contributed by atoms with van der Waals surface area (Å²) in [6, 6.07) is 14.9. The van der Waals surface area contributed by atoms with E-state index in [9.17, 15) is 9.59 Å². The molecule has 0 radical (unpaired) electrons. The first kappa shape index (κ1) is 16.4. The minimum absolute atomic E-state index is 0.0603. The Morgan fingerprint density at radius 2 is 2.00 bits per heavy atom. The van der Waals surface area contributed by atoms with Crippen LogP contribution in [0.3, 0.4) is 0 Å². The van der Waals surface area contributed by atoms with E-state index in [4.69, 9.17) is 0 Å². The molecule has 5 rings (SSSR count). The molecule has 136 valence electrons. The molecule has 1 fully saturated rings. The molecule has 0 saturated carbocycles. The number of hydrogen-bond donors (Lipinski definition) is 2. The fraction of sp³-hybridized carbons (Fsp3) is 0.238. The van der Waals surface area contributed by atoms with Gasteiger partial charge in [-0.15, -0.1) is 11.8 Å². The van der Waals surface area contributed by atoms with Gasteiger partial charge in [0.1, 0.15) is 11.4 Å². The van der Waals surface area contributed by atoms with Crippen molar-refractivity contribution in [2.24, 2.45) is 0 Å². The van der Waals surface area contributed by atoms with Crippen molar-refractivity contribution in [3.05, 3.63) is 65.9 Å². The molecule has 2 atom stereocenters. The maximum atomic E-state index is 13.2. The Hall–Kier alpha value is -2.73. The molecule has 2 N–H and O–H groups in total. The van der Waals surface area contributed by atoms with Gasteiger partial charge in [-0.3, -0.25) is 9.59 Å². The fourth-order valence-electron chi connectivity index (χ4n) is 4.15. The Morgan fingerprint density at radius 1 is 1.19 bits per heavy atom. The van der Waals surface area contributed by atoms with Crippen LogP contribution in [0.25, 0.3) is 10.9 Å². The summed E-state index contributed by atoms with van der Waals surface area (Å²) < 4.78 is -0.379. The van der Waals surface area contributed by atoms with Crippen molar-refractivity contribution >= 4 is 40.2 Å². The molecule has 0 bridgehead atoms. The van der Waals surface area contributed by atoms with E-state index in [1.54, 1.807) is 16.7 Å². The minimum atomic E-state index is -0.533. The topological polar surface area (TPSA) is 65.2 Å². The number of carbonyl (C=O) groups is 2. The molecular formula is C21H19N3O2S. The van der Waals surface area contributed by atoms with Crippen LogP contribution >= 0.6 is 11.8 Å². The highest BCUT2D eigenvalue weighted by molar-refractivity contribution is 8.01. The lowest BCUT2D eigenvalue weighted by Crippen LogP contribution is -2.50. The third-order valence-corrected chi connectivity index (χ3v) is 6.90. The number of rotatable bonds is 2. The van der Waals surface area contributed by atoms with Gasteiger partial charge in [0, 0.05) is 33.1 Å². The van der Waals surface area contributed by atoms with E-state index in [-0.39, 0.29) is 21.9 Å². The quantitative estimate of drug-likeness (QED) is 0.705. The van der Waals surface area contributed by atoms with Crippen LogP contribution in [0.5, 0.6) is 0 Å². The summed E-state index contributed by atoms with van der Waals surface area (Å²) in [5.41, 5.74) is 3.47. The molecule has 0 unspecified atom stereocenters. The van der Waals surface area contributed by atoms with Crippen molar-refractivity contribution in [3.8, 4) is 0 Å². The Bertz CT molecular complexity index is 1090. The van der Waals surface area contributed by atoms with E-state index in [2.05, 4.69) is 10.3 Å². The molecule has 1 aromatic heterocycles. The molecule has 2 aliphatic rings. The summed E-state index contributed by atoms with van der Waals surface area (Å²) in [7, 11) is 0. The van der Waals surface area contributed by atoms with Crippen LogP contribution in [-0.2, 0) is 4.79 Å². The van der Waals surface area contributed by atoms with Crippen LogP contribution < -0.4 is 5.32 Å². The number of aromatic nitrogens is 1. The number of thioether (sulfide) groups is 1. The molecule has 5 nitrogen and oxygen atoms in total. The summed E-state index contributed by atoms with van der Waals surface area (Å²) in [5, 5.41) is 3.95. The zero-order valence-corrected chi connectivity index (χ0v) is 15.8. The summed E-state index contributed by atoms with van der Waals surface area (Å²) in [5.74, 6) is -0.207. The monoisotopic (exact) mass is 377 g/mol. The lowest BCUT2D eigenvalue weighted by molar-refractivity contribution is -0.121. The molecule has 2 aliphatic heterocycles. The maximum absolute atomic E-state index is 13.2. The number of anilines is 1. The Balaban J connectivity index is 1.48. The first-order valence-electron chi connectivity index (χ1n) is 8.93. The molecule has 1 saturated heterocycles. The molecule has 3 heterocycles. The predicted octanol–water partition coefficient (Wildman–Crippen LogP) is 4.16. The van der Waals surface area contributed by atoms with Crippen LogP contribution in [0.4, 0.5) is 5.69 Å². The largest absolute Gasteiger partial charge is 0.361 e. The Labute approximate surface area is 161 Å². The highest BCUT2D eigenvalue weighted by atomic mass is 32.2. The zero-order valence-electron chi connectivity index (χ0n) is 15.0. The molecule has 3 aromatic rings. The lowest BCUT2D eigenvalue weighted by Gasteiger charge is -2.29. The van der Waals surface area contributed by atoms with Gasteiger partial charge < -0.3 is 15.2 Å². The van der Waals surface area contributed by atoms with E-state index in [1.807, 2.05) is 68.6 Å². The summed E-state index contributed by atoms with van der Waals surface area (Å²) in [4.78, 5) is 31.1. The second-order valence-corrected chi connectivity index (χ2v) is 9.28. The number of nitrogens with zero attached hydrogens (tertiary/aromatic N) is 1. The van der Waals surface area contributed by atoms with Gasteiger partial charge in [0.25, 0.3) is 5.91 Å². The second-order valence-electron chi connectivity index (χ2n) is 7.54. The van der Waals surface area contributed by atoms with Crippen LogP contribution in [0.15, 0.2) is 54.7 Å². The van der Waals surface area contributed by atoms with Crippen molar-refractivity contribution < 1.29 is 9.59 Å². The second kappa shape index (κ2) is 5.63. The Kier molecular flexibility index (Phi) is 3.43. The SMILES string of the molecule is CC1(C)S[C@@H]2c3ccccc3C(=O)N2[C@H]1C(=O)Nc1ccc2[nH]ccc2c1. The van der Waals surface area contributed by atoms with E-state index >= 15 is 0 Å². The molecule has 6 heteroatoms. The molecule has 2 aromatic carbocycles. The minimum Gasteiger partial charge on any atom is -0.361 e. The first-order chi connectivity index (χ1) is 13.0. The van der Waals surface area contributed by atoms with Crippen molar-refractivity contribution in [3.63, 3.8) is 0 Å². The Morgan fingerprint density at radius 3 is 2.85 bits per heavy atom. The number of carbonyl (C=O) groups excluding carboxylic acids is 2. The third-order valence-electron chi connectivity index (χ3n) is 5.37. The average Bonchev–Trinajstić information content (AvgIpc) is 3.28. The average molecular weight is 377 g/mol. The van der Waals surface area contributed by atoms with Gasteiger partial charge in [0.05, 0.1) is 0 Å². The molecule has 0 spiro atoms. The van der Waals surface area contributed by atoms with Crippen molar-refractivity contribution in [2.75, 3.05) is 5.32 Å². The standard InChI is InChI=1S/C21H19N3O2S/c1-21(2)17(18(25)23-13-7-8-16-12(11-13)9-10-22-16)24-19(26)14-5-3-4-6-15(14)20(24)27-21/h3-11,17,20,22H,1-2H3,(H,23,25)/t17-,20+/m0/s1. The van der Waals surface area contributed by atoms with Crippen molar-refractivity contribution in [2.45, 2.75) is 30.0 Å². The number of fused-ring (bicyclic) bond motifs is 4. The van der Waals surface area contributed by atoms with Gasteiger partial charge in [0.2, 0.25) is 5.91 Å². The summed E-state index contributed by atoms with van der Waals surface area (Å²) >= 11 is 1.68. The van der Waals surface area contributed by atoms with Gasteiger partial charge in [-0.1, -0.05) is 18.2 Å². The normalized spacial score (nSPS) is 22.7. The summed E-state index contributed by atoms with van der Waals surface area (Å²) in [6.45, 7) is 4.07. The number of H-pyrrole nitrogens is 1. The van der Waals surface area contributed by atoms with Crippen LogP contribution in [-0.4, -0.2) is 32.5 Å². The van der Waals surface area contributed by atoms with Gasteiger partial charge in [-0.2, -0.15) is 0 Å². The number of benzene rings is 2. The van der Waals surface area contributed by atoms with Crippen LogP contribution in [0, 0.1) is 0 Å². The molecular weight excluding hydrogens is 358 g/mol. The first-order valence-corrected chi connectivity index (χ1v) is 9.81.